The van der Waals surface area contributed by atoms with Gasteiger partial charge in [-0.1, -0.05) is 41.0 Å². The monoisotopic (exact) mass is 301 g/mol. The number of fused-ring (bicyclic) bond motifs is 1. The third-order valence-corrected chi connectivity index (χ3v) is 4.09. The van der Waals surface area contributed by atoms with Gasteiger partial charge >= 0.3 is 0 Å². The minimum absolute atomic E-state index is 0.421. The molecule has 0 saturated heterocycles. The molecular formula is C17H16ClNO2. The molecule has 3 nitrogen and oxygen atoms in total. The molecule has 3 rings (SSSR count). The van der Waals surface area contributed by atoms with Crippen molar-refractivity contribution in [3.63, 3.8) is 0 Å². The van der Waals surface area contributed by atoms with Crippen LogP contribution in [0.2, 0.25) is 5.02 Å². The van der Waals surface area contributed by atoms with Crippen molar-refractivity contribution in [3.05, 3.63) is 64.2 Å². The summed E-state index contributed by atoms with van der Waals surface area (Å²) in [5.41, 5.74) is 3.88. The molecule has 0 atom stereocenters. The molecule has 1 aliphatic carbocycles. The molecule has 0 amide bonds. The van der Waals surface area contributed by atoms with Gasteiger partial charge in [0.1, 0.15) is 12.4 Å². The van der Waals surface area contributed by atoms with Gasteiger partial charge < -0.3 is 9.94 Å². The molecule has 0 fully saturated rings. The molecule has 0 heterocycles. The maximum atomic E-state index is 9.10. The van der Waals surface area contributed by atoms with Gasteiger partial charge in [-0.05, 0) is 43.0 Å². The van der Waals surface area contributed by atoms with Crippen LogP contribution in [0, 0.1) is 0 Å². The summed E-state index contributed by atoms with van der Waals surface area (Å²) in [5.74, 6) is 0.761. The Labute approximate surface area is 128 Å². The average Bonchev–Trinajstić information content (AvgIpc) is 2.53. The second kappa shape index (κ2) is 6.19. The van der Waals surface area contributed by atoms with E-state index >= 15 is 0 Å². The van der Waals surface area contributed by atoms with Crippen LogP contribution in [0.5, 0.6) is 5.75 Å². The lowest BCUT2D eigenvalue weighted by Gasteiger charge is -2.18. The summed E-state index contributed by atoms with van der Waals surface area (Å²) in [7, 11) is 0. The third-order valence-electron chi connectivity index (χ3n) is 3.72. The average molecular weight is 302 g/mol. The van der Waals surface area contributed by atoms with Crippen LogP contribution in [-0.4, -0.2) is 10.9 Å². The summed E-state index contributed by atoms with van der Waals surface area (Å²) >= 11 is 6.12. The zero-order valence-electron chi connectivity index (χ0n) is 11.6. The van der Waals surface area contributed by atoms with Crippen LogP contribution >= 0.6 is 11.6 Å². The highest BCUT2D eigenvalue weighted by atomic mass is 35.5. The number of nitrogens with zero attached hydrogens (tertiary/aromatic N) is 1. The van der Waals surface area contributed by atoms with Gasteiger partial charge in [0.25, 0.3) is 0 Å². The van der Waals surface area contributed by atoms with Crippen molar-refractivity contribution in [2.24, 2.45) is 5.16 Å². The molecular weight excluding hydrogens is 286 g/mol. The summed E-state index contributed by atoms with van der Waals surface area (Å²) in [4.78, 5) is 0. The second-order valence-electron chi connectivity index (χ2n) is 5.10. The lowest BCUT2D eigenvalue weighted by molar-refractivity contribution is 0.306. The van der Waals surface area contributed by atoms with Crippen LogP contribution in [0.4, 0.5) is 0 Å². The lowest BCUT2D eigenvalue weighted by atomic mass is 9.90. The van der Waals surface area contributed by atoms with Gasteiger partial charge in [-0.25, -0.2) is 0 Å². The Morgan fingerprint density at radius 3 is 2.81 bits per heavy atom. The largest absolute Gasteiger partial charge is 0.489 e. The molecule has 0 aromatic heterocycles. The van der Waals surface area contributed by atoms with Crippen molar-refractivity contribution in [1.29, 1.82) is 0 Å². The molecule has 0 aliphatic heterocycles. The van der Waals surface area contributed by atoms with Crippen molar-refractivity contribution in [1.82, 2.24) is 0 Å². The normalized spacial score (nSPS) is 15.8. The number of halogens is 1. The van der Waals surface area contributed by atoms with Gasteiger partial charge in [0.15, 0.2) is 0 Å². The highest BCUT2D eigenvalue weighted by Crippen LogP contribution is 2.27. The van der Waals surface area contributed by atoms with E-state index in [-0.39, 0.29) is 0 Å². The van der Waals surface area contributed by atoms with E-state index in [1.807, 2.05) is 42.5 Å². The van der Waals surface area contributed by atoms with Crippen LogP contribution in [0.3, 0.4) is 0 Å². The van der Waals surface area contributed by atoms with E-state index in [2.05, 4.69) is 5.16 Å². The highest BCUT2D eigenvalue weighted by Gasteiger charge is 2.16. The molecule has 1 aliphatic rings. The van der Waals surface area contributed by atoms with Gasteiger partial charge in [0.05, 0.1) is 5.71 Å². The molecule has 0 radical (unpaired) electrons. The first kappa shape index (κ1) is 14.0. The third kappa shape index (κ3) is 3.03. The second-order valence-corrected chi connectivity index (χ2v) is 5.51. The minimum Gasteiger partial charge on any atom is -0.489 e. The minimum atomic E-state index is 0.421. The first-order valence-corrected chi connectivity index (χ1v) is 7.36. The van der Waals surface area contributed by atoms with Crippen LogP contribution in [0.25, 0.3) is 0 Å². The fourth-order valence-electron chi connectivity index (χ4n) is 2.59. The predicted molar refractivity (Wildman–Crippen MR) is 83.5 cm³/mol. The van der Waals surface area contributed by atoms with E-state index < -0.39 is 0 Å². The molecule has 108 valence electrons. The number of benzene rings is 2. The standard InChI is InChI=1S/C17H16ClNO2/c18-16-6-2-1-4-13(16)11-21-14-9-8-12-5-3-7-17(19-20)15(12)10-14/h1-2,4,6,8-10,20H,3,5,7,11H2/b19-17-. The van der Waals surface area contributed by atoms with Gasteiger partial charge in [-0.2, -0.15) is 0 Å². The van der Waals surface area contributed by atoms with Gasteiger partial charge in [-0.15, -0.1) is 0 Å². The summed E-state index contributed by atoms with van der Waals surface area (Å²) in [6, 6.07) is 13.6. The summed E-state index contributed by atoms with van der Waals surface area (Å²) < 4.78 is 5.81. The number of hydrogen-bond acceptors (Lipinski definition) is 3. The zero-order chi connectivity index (χ0) is 14.7. The Hall–Kier alpha value is -2.00. The van der Waals surface area contributed by atoms with Crippen LogP contribution in [0.15, 0.2) is 47.6 Å². The topological polar surface area (TPSA) is 41.8 Å². The van der Waals surface area contributed by atoms with E-state index in [9.17, 15) is 0 Å². The number of hydrogen-bond donors (Lipinski definition) is 1. The highest BCUT2D eigenvalue weighted by molar-refractivity contribution is 6.31. The van der Waals surface area contributed by atoms with Crippen molar-refractivity contribution in [2.75, 3.05) is 0 Å². The van der Waals surface area contributed by atoms with Crippen LogP contribution in [-0.2, 0) is 13.0 Å². The quantitative estimate of drug-likeness (QED) is 0.673. The molecule has 2 aromatic carbocycles. The van der Waals surface area contributed by atoms with E-state index in [1.165, 1.54) is 5.56 Å². The summed E-state index contributed by atoms with van der Waals surface area (Å²) in [5, 5.41) is 13.2. The first-order chi connectivity index (χ1) is 10.3. The smallest absolute Gasteiger partial charge is 0.120 e. The Kier molecular flexibility index (Phi) is 4.11. The molecule has 0 saturated carbocycles. The Morgan fingerprint density at radius 2 is 2.00 bits per heavy atom. The zero-order valence-corrected chi connectivity index (χ0v) is 12.3. The number of ether oxygens (including phenoxy) is 1. The summed E-state index contributed by atoms with van der Waals surface area (Å²) in [6.07, 6.45) is 2.84. The number of aryl methyl sites for hydroxylation is 1. The van der Waals surface area contributed by atoms with Crippen molar-refractivity contribution >= 4 is 17.3 Å². The van der Waals surface area contributed by atoms with Gasteiger partial charge in [0, 0.05) is 16.1 Å². The molecule has 2 aromatic rings. The van der Waals surface area contributed by atoms with Gasteiger partial charge in [-0.3, -0.25) is 0 Å². The number of rotatable bonds is 3. The predicted octanol–water partition coefficient (Wildman–Crippen LogP) is 4.43. The van der Waals surface area contributed by atoms with E-state index in [4.69, 9.17) is 21.5 Å². The Morgan fingerprint density at radius 1 is 1.14 bits per heavy atom. The maximum absolute atomic E-state index is 9.10. The molecule has 0 bridgehead atoms. The van der Waals surface area contributed by atoms with Crippen molar-refractivity contribution < 1.29 is 9.94 Å². The van der Waals surface area contributed by atoms with E-state index in [0.717, 1.165) is 41.9 Å². The van der Waals surface area contributed by atoms with E-state index in [1.54, 1.807) is 0 Å². The van der Waals surface area contributed by atoms with E-state index in [0.29, 0.717) is 11.6 Å². The summed E-state index contributed by atoms with van der Waals surface area (Å²) in [6.45, 7) is 0.421. The first-order valence-electron chi connectivity index (χ1n) is 6.98. The Balaban J connectivity index is 1.80. The molecule has 21 heavy (non-hydrogen) atoms. The molecule has 0 unspecified atom stereocenters. The SMILES string of the molecule is O/N=C1/CCCc2ccc(OCc3ccccc3Cl)cc21. The van der Waals surface area contributed by atoms with Crippen molar-refractivity contribution in [3.8, 4) is 5.75 Å². The molecule has 1 N–H and O–H groups in total. The molecule has 0 spiro atoms. The fraction of sp³-hybridized carbons (Fsp3) is 0.235. The van der Waals surface area contributed by atoms with Crippen LogP contribution in [0.1, 0.15) is 29.5 Å². The van der Waals surface area contributed by atoms with Crippen molar-refractivity contribution in [2.45, 2.75) is 25.9 Å². The Bertz CT molecular complexity index is 682. The fourth-order valence-corrected chi connectivity index (χ4v) is 2.78. The van der Waals surface area contributed by atoms with Crippen LogP contribution < -0.4 is 4.74 Å². The lowest BCUT2D eigenvalue weighted by Crippen LogP contribution is -2.12. The number of oxime groups is 1. The maximum Gasteiger partial charge on any atom is 0.120 e. The van der Waals surface area contributed by atoms with Gasteiger partial charge in [0.2, 0.25) is 0 Å². The molecule has 4 heteroatoms.